The van der Waals surface area contributed by atoms with E-state index in [4.69, 9.17) is 4.52 Å². The van der Waals surface area contributed by atoms with E-state index in [0.29, 0.717) is 23.8 Å². The van der Waals surface area contributed by atoms with E-state index >= 15 is 0 Å². The van der Waals surface area contributed by atoms with Crippen molar-refractivity contribution in [2.24, 2.45) is 5.41 Å². The maximum absolute atomic E-state index is 5.38. The molecule has 1 N–H and O–H groups in total. The molecule has 2 heterocycles. The largest absolute Gasteiger partial charge is 0.339 e. The lowest BCUT2D eigenvalue weighted by Gasteiger charge is -2.30. The minimum Gasteiger partial charge on any atom is -0.339 e. The highest BCUT2D eigenvalue weighted by Gasteiger charge is 2.26. The van der Waals surface area contributed by atoms with Gasteiger partial charge in [0, 0.05) is 23.1 Å². The molecule has 0 aromatic carbocycles. The van der Waals surface area contributed by atoms with Gasteiger partial charge in [0.25, 0.3) is 0 Å². The van der Waals surface area contributed by atoms with Crippen LogP contribution in [0.2, 0.25) is 0 Å². The van der Waals surface area contributed by atoms with E-state index in [1.807, 2.05) is 12.1 Å². The van der Waals surface area contributed by atoms with Crippen molar-refractivity contribution in [2.45, 2.75) is 40.2 Å². The van der Waals surface area contributed by atoms with E-state index < -0.39 is 0 Å². The highest BCUT2D eigenvalue weighted by molar-refractivity contribution is 9.10. The van der Waals surface area contributed by atoms with Gasteiger partial charge in [-0.3, -0.25) is 4.98 Å². The van der Waals surface area contributed by atoms with Crippen LogP contribution in [0.3, 0.4) is 0 Å². The van der Waals surface area contributed by atoms with Gasteiger partial charge in [0.15, 0.2) is 0 Å². The van der Waals surface area contributed by atoms with Crippen LogP contribution in [0.5, 0.6) is 0 Å². The van der Waals surface area contributed by atoms with Gasteiger partial charge in [-0.1, -0.05) is 32.9 Å². The van der Waals surface area contributed by atoms with E-state index in [1.165, 1.54) is 0 Å². The number of hydrogen-bond acceptors (Lipinski definition) is 5. The summed E-state index contributed by atoms with van der Waals surface area (Å²) in [5, 5.41) is 7.51. The van der Waals surface area contributed by atoms with Crippen LogP contribution in [0.25, 0.3) is 11.5 Å². The first-order chi connectivity index (χ1) is 9.91. The number of hydrogen-bond donors (Lipinski definition) is 1. The molecule has 0 aliphatic rings. The lowest BCUT2D eigenvalue weighted by Crippen LogP contribution is -2.41. The lowest BCUT2D eigenvalue weighted by molar-refractivity contribution is 0.247. The maximum atomic E-state index is 5.38. The number of pyridine rings is 1. The molecule has 2 aromatic rings. The molecule has 0 spiro atoms. The molecular formula is C15H21BrN4O. The summed E-state index contributed by atoms with van der Waals surface area (Å²) in [6.07, 6.45) is 2.42. The van der Waals surface area contributed by atoms with E-state index in [-0.39, 0.29) is 11.5 Å². The molecule has 21 heavy (non-hydrogen) atoms. The SMILES string of the molecule is CCNC(Cc1nc(-c2ncccc2Br)no1)C(C)(C)C. The Morgan fingerprint density at radius 3 is 2.76 bits per heavy atom. The van der Waals surface area contributed by atoms with E-state index in [9.17, 15) is 0 Å². The summed E-state index contributed by atoms with van der Waals surface area (Å²) < 4.78 is 6.24. The monoisotopic (exact) mass is 352 g/mol. The molecule has 0 fully saturated rings. The zero-order valence-electron chi connectivity index (χ0n) is 12.9. The number of aromatic nitrogens is 3. The van der Waals surface area contributed by atoms with Gasteiger partial charge in [-0.05, 0) is 40.0 Å². The van der Waals surface area contributed by atoms with Gasteiger partial charge in [-0.25, -0.2) is 0 Å². The highest BCUT2D eigenvalue weighted by atomic mass is 79.9. The molecular weight excluding hydrogens is 332 g/mol. The normalized spacial score (nSPS) is 13.4. The van der Waals surface area contributed by atoms with Gasteiger partial charge < -0.3 is 9.84 Å². The fourth-order valence-corrected chi connectivity index (χ4v) is 2.52. The first kappa shape index (κ1) is 16.1. The average Bonchev–Trinajstić information content (AvgIpc) is 2.86. The molecule has 0 radical (unpaired) electrons. The molecule has 0 amide bonds. The smallest absolute Gasteiger partial charge is 0.228 e. The van der Waals surface area contributed by atoms with Crippen LogP contribution in [0.4, 0.5) is 0 Å². The Bertz CT molecular complexity index is 591. The minimum atomic E-state index is 0.121. The Hall–Kier alpha value is -1.27. The van der Waals surface area contributed by atoms with Crippen LogP contribution in [0.15, 0.2) is 27.3 Å². The fourth-order valence-electron chi connectivity index (χ4n) is 2.09. The van der Waals surface area contributed by atoms with Crippen molar-refractivity contribution in [2.75, 3.05) is 6.54 Å². The minimum absolute atomic E-state index is 0.121. The maximum Gasteiger partial charge on any atom is 0.228 e. The van der Waals surface area contributed by atoms with E-state index in [1.54, 1.807) is 6.20 Å². The predicted molar refractivity (Wildman–Crippen MR) is 85.9 cm³/mol. The van der Waals surface area contributed by atoms with Crippen molar-refractivity contribution >= 4 is 15.9 Å². The Morgan fingerprint density at radius 2 is 2.14 bits per heavy atom. The van der Waals surface area contributed by atoms with E-state index in [0.717, 1.165) is 11.0 Å². The van der Waals surface area contributed by atoms with Crippen molar-refractivity contribution in [1.82, 2.24) is 20.4 Å². The molecule has 5 nitrogen and oxygen atoms in total. The topological polar surface area (TPSA) is 63.8 Å². The zero-order valence-corrected chi connectivity index (χ0v) is 14.4. The third-order valence-electron chi connectivity index (χ3n) is 3.31. The fraction of sp³-hybridized carbons (Fsp3) is 0.533. The van der Waals surface area contributed by atoms with Gasteiger partial charge in [0.05, 0.1) is 0 Å². The van der Waals surface area contributed by atoms with Crippen LogP contribution in [0, 0.1) is 5.41 Å². The second kappa shape index (κ2) is 6.66. The molecule has 0 saturated heterocycles. The number of likely N-dealkylation sites (N-methyl/N-ethyl adjacent to an activating group) is 1. The quantitative estimate of drug-likeness (QED) is 0.892. The molecule has 1 unspecified atom stereocenters. The summed E-state index contributed by atoms with van der Waals surface area (Å²) in [4.78, 5) is 8.75. The number of halogens is 1. The number of nitrogens with one attached hydrogen (secondary N) is 1. The summed E-state index contributed by atoms with van der Waals surface area (Å²) in [5.41, 5.74) is 0.819. The van der Waals surface area contributed by atoms with Crippen LogP contribution < -0.4 is 5.32 Å². The Balaban J connectivity index is 2.18. The second-order valence-corrected chi connectivity index (χ2v) is 6.88. The summed E-state index contributed by atoms with van der Waals surface area (Å²) in [6, 6.07) is 4.05. The third-order valence-corrected chi connectivity index (χ3v) is 3.95. The van der Waals surface area contributed by atoms with Gasteiger partial charge >= 0.3 is 0 Å². The third kappa shape index (κ3) is 4.11. The van der Waals surface area contributed by atoms with Crippen molar-refractivity contribution in [3.05, 3.63) is 28.7 Å². The first-order valence-electron chi connectivity index (χ1n) is 7.08. The van der Waals surface area contributed by atoms with Crippen LogP contribution in [0.1, 0.15) is 33.6 Å². The van der Waals surface area contributed by atoms with Gasteiger partial charge in [0.2, 0.25) is 11.7 Å². The second-order valence-electron chi connectivity index (χ2n) is 6.03. The van der Waals surface area contributed by atoms with Crippen LogP contribution in [-0.4, -0.2) is 27.7 Å². The van der Waals surface area contributed by atoms with Crippen molar-refractivity contribution < 1.29 is 4.52 Å². The van der Waals surface area contributed by atoms with Gasteiger partial charge in [-0.15, -0.1) is 0 Å². The standard InChI is InChI=1S/C15H21BrN4O/c1-5-17-11(15(2,3)4)9-12-19-14(20-21-12)13-10(16)7-6-8-18-13/h6-8,11,17H,5,9H2,1-4H3. The summed E-state index contributed by atoms with van der Waals surface area (Å²) in [7, 11) is 0. The molecule has 1 atom stereocenters. The van der Waals surface area contributed by atoms with E-state index in [2.05, 4.69) is 64.1 Å². The summed E-state index contributed by atoms with van der Waals surface area (Å²) >= 11 is 3.45. The molecule has 6 heteroatoms. The molecule has 0 saturated carbocycles. The van der Waals surface area contributed by atoms with Gasteiger partial charge in [0.1, 0.15) is 5.69 Å². The molecule has 0 bridgehead atoms. The van der Waals surface area contributed by atoms with Crippen molar-refractivity contribution in [1.29, 1.82) is 0 Å². The van der Waals surface area contributed by atoms with Crippen LogP contribution in [-0.2, 0) is 6.42 Å². The number of rotatable bonds is 5. The summed E-state index contributed by atoms with van der Waals surface area (Å²) in [5.74, 6) is 1.14. The molecule has 2 rings (SSSR count). The zero-order chi connectivity index (χ0) is 15.5. The highest BCUT2D eigenvalue weighted by Crippen LogP contribution is 2.25. The predicted octanol–water partition coefficient (Wildman–Crippen LogP) is 3.46. The Labute approximate surface area is 133 Å². The first-order valence-corrected chi connectivity index (χ1v) is 7.88. The Morgan fingerprint density at radius 1 is 1.38 bits per heavy atom. The molecule has 0 aliphatic carbocycles. The van der Waals surface area contributed by atoms with Crippen molar-refractivity contribution in [3.63, 3.8) is 0 Å². The average molecular weight is 353 g/mol. The molecule has 114 valence electrons. The molecule has 0 aliphatic heterocycles. The lowest BCUT2D eigenvalue weighted by atomic mass is 9.84. The Kier molecular flexibility index (Phi) is 5.11. The number of nitrogens with zero attached hydrogens (tertiary/aromatic N) is 3. The molecule has 2 aromatic heterocycles. The van der Waals surface area contributed by atoms with Crippen molar-refractivity contribution in [3.8, 4) is 11.5 Å². The summed E-state index contributed by atoms with van der Waals surface area (Å²) in [6.45, 7) is 9.62. The van der Waals surface area contributed by atoms with Gasteiger partial charge in [-0.2, -0.15) is 4.98 Å². The van der Waals surface area contributed by atoms with Crippen LogP contribution >= 0.6 is 15.9 Å².